The van der Waals surface area contributed by atoms with Crippen LogP contribution in [0.3, 0.4) is 0 Å². The maximum absolute atomic E-state index is 13.3. The van der Waals surface area contributed by atoms with E-state index in [1.807, 2.05) is 18.7 Å². The average Bonchev–Trinajstić information content (AvgIpc) is 3.11. The Morgan fingerprint density at radius 3 is 3.08 bits per heavy atom. The van der Waals surface area contributed by atoms with Gasteiger partial charge in [-0.2, -0.15) is 4.98 Å². The first-order valence-corrected chi connectivity index (χ1v) is 8.46. The van der Waals surface area contributed by atoms with Gasteiger partial charge in [0.1, 0.15) is 5.82 Å². The molecule has 1 amide bonds. The lowest BCUT2D eigenvalue weighted by Crippen LogP contribution is -2.41. The van der Waals surface area contributed by atoms with Crippen molar-refractivity contribution in [2.75, 3.05) is 13.1 Å². The molecule has 1 aromatic carbocycles. The number of rotatable bonds is 4. The summed E-state index contributed by atoms with van der Waals surface area (Å²) in [5.74, 6) is 0.843. The van der Waals surface area contributed by atoms with E-state index in [1.54, 1.807) is 12.1 Å². The van der Waals surface area contributed by atoms with Gasteiger partial charge < -0.3 is 9.42 Å². The molecular weight excluding hydrogens is 309 g/mol. The van der Waals surface area contributed by atoms with Gasteiger partial charge in [0, 0.05) is 24.6 Å². The van der Waals surface area contributed by atoms with Gasteiger partial charge >= 0.3 is 0 Å². The highest BCUT2D eigenvalue weighted by Gasteiger charge is 2.30. The van der Waals surface area contributed by atoms with Crippen LogP contribution in [0.5, 0.6) is 0 Å². The fraction of sp³-hybridized carbons (Fsp3) is 0.500. The van der Waals surface area contributed by atoms with Crippen LogP contribution in [0.4, 0.5) is 4.39 Å². The van der Waals surface area contributed by atoms with E-state index in [1.165, 1.54) is 12.1 Å². The van der Waals surface area contributed by atoms with E-state index < -0.39 is 0 Å². The van der Waals surface area contributed by atoms with Gasteiger partial charge in [-0.05, 0) is 31.4 Å². The number of benzene rings is 1. The molecule has 1 aliphatic rings. The van der Waals surface area contributed by atoms with Crippen LogP contribution in [0.15, 0.2) is 28.8 Å². The maximum Gasteiger partial charge on any atom is 0.231 e. The summed E-state index contributed by atoms with van der Waals surface area (Å²) in [6.45, 7) is 5.37. The van der Waals surface area contributed by atoms with Gasteiger partial charge in [0.2, 0.25) is 17.6 Å². The molecule has 128 valence electrons. The van der Waals surface area contributed by atoms with Gasteiger partial charge in [0.15, 0.2) is 0 Å². The van der Waals surface area contributed by atoms with Gasteiger partial charge in [0.25, 0.3) is 0 Å². The second-order valence-electron chi connectivity index (χ2n) is 6.40. The molecule has 0 saturated carbocycles. The third-order valence-electron chi connectivity index (χ3n) is 4.64. The summed E-state index contributed by atoms with van der Waals surface area (Å²) in [4.78, 5) is 18.7. The Bertz CT molecular complexity index is 716. The molecule has 1 aromatic heterocycles. The van der Waals surface area contributed by atoms with Crippen molar-refractivity contribution >= 4 is 5.91 Å². The number of nitrogens with zero attached hydrogens (tertiary/aromatic N) is 3. The third-order valence-corrected chi connectivity index (χ3v) is 4.64. The Balaban J connectivity index is 1.74. The van der Waals surface area contributed by atoms with Crippen LogP contribution in [-0.2, 0) is 4.79 Å². The number of aromatic nitrogens is 2. The van der Waals surface area contributed by atoms with Gasteiger partial charge in [-0.1, -0.05) is 31.1 Å². The molecule has 2 atom stereocenters. The molecule has 6 heteroatoms. The summed E-state index contributed by atoms with van der Waals surface area (Å²) in [5, 5.41) is 3.97. The molecule has 0 N–H and O–H groups in total. The van der Waals surface area contributed by atoms with Crippen molar-refractivity contribution in [1.82, 2.24) is 15.0 Å². The first-order valence-electron chi connectivity index (χ1n) is 8.46. The summed E-state index contributed by atoms with van der Waals surface area (Å²) in [7, 11) is 0. The molecule has 2 aromatic rings. The highest BCUT2D eigenvalue weighted by atomic mass is 19.1. The Morgan fingerprint density at radius 1 is 1.50 bits per heavy atom. The number of likely N-dealkylation sites (tertiary alicyclic amines) is 1. The lowest BCUT2D eigenvalue weighted by molar-refractivity contribution is -0.136. The Kier molecular flexibility index (Phi) is 4.92. The van der Waals surface area contributed by atoms with Crippen molar-refractivity contribution in [3.8, 4) is 11.4 Å². The van der Waals surface area contributed by atoms with E-state index >= 15 is 0 Å². The minimum atomic E-state index is -0.332. The Labute approximate surface area is 140 Å². The van der Waals surface area contributed by atoms with E-state index in [-0.39, 0.29) is 23.6 Å². The SMILES string of the molecule is CCC(C)C(=O)N1CCCC(c2nc(-c3cccc(F)c3)no2)C1. The average molecular weight is 331 g/mol. The number of carbonyl (C=O) groups is 1. The Hall–Kier alpha value is -2.24. The number of hydrogen-bond donors (Lipinski definition) is 0. The quantitative estimate of drug-likeness (QED) is 0.858. The van der Waals surface area contributed by atoms with Crippen molar-refractivity contribution in [3.63, 3.8) is 0 Å². The minimum Gasteiger partial charge on any atom is -0.342 e. The molecule has 24 heavy (non-hydrogen) atoms. The van der Waals surface area contributed by atoms with Crippen molar-refractivity contribution in [3.05, 3.63) is 36.0 Å². The monoisotopic (exact) mass is 331 g/mol. The molecule has 3 rings (SSSR count). The van der Waals surface area contributed by atoms with Crippen molar-refractivity contribution in [2.24, 2.45) is 5.92 Å². The van der Waals surface area contributed by atoms with Crippen LogP contribution >= 0.6 is 0 Å². The standard InChI is InChI=1S/C18H22FN3O2/c1-3-12(2)18(23)22-9-5-7-14(11-22)17-20-16(21-24-17)13-6-4-8-15(19)10-13/h4,6,8,10,12,14H,3,5,7,9,11H2,1-2H3. The molecule has 2 unspecified atom stereocenters. The molecule has 1 aliphatic heterocycles. The zero-order chi connectivity index (χ0) is 17.1. The molecule has 0 spiro atoms. The van der Waals surface area contributed by atoms with Crippen LogP contribution in [0.2, 0.25) is 0 Å². The van der Waals surface area contributed by atoms with E-state index in [0.29, 0.717) is 23.8 Å². The van der Waals surface area contributed by atoms with E-state index in [9.17, 15) is 9.18 Å². The largest absolute Gasteiger partial charge is 0.342 e. The lowest BCUT2D eigenvalue weighted by Gasteiger charge is -2.32. The van der Waals surface area contributed by atoms with Crippen molar-refractivity contribution < 1.29 is 13.7 Å². The zero-order valence-electron chi connectivity index (χ0n) is 14.0. The molecule has 1 fully saturated rings. The summed E-state index contributed by atoms with van der Waals surface area (Å²) >= 11 is 0. The Morgan fingerprint density at radius 2 is 2.33 bits per heavy atom. The number of hydrogen-bond acceptors (Lipinski definition) is 4. The minimum absolute atomic E-state index is 0.0364. The van der Waals surface area contributed by atoms with Crippen LogP contribution < -0.4 is 0 Å². The zero-order valence-corrected chi connectivity index (χ0v) is 14.0. The van der Waals surface area contributed by atoms with Crippen molar-refractivity contribution in [2.45, 2.75) is 39.0 Å². The first kappa shape index (κ1) is 16.6. The molecule has 0 bridgehead atoms. The molecule has 0 aliphatic carbocycles. The predicted octanol–water partition coefficient (Wildman–Crippen LogP) is 3.63. The number of carbonyl (C=O) groups excluding carboxylic acids is 1. The van der Waals surface area contributed by atoms with Gasteiger partial charge in [-0.25, -0.2) is 4.39 Å². The van der Waals surface area contributed by atoms with Gasteiger partial charge in [-0.15, -0.1) is 0 Å². The normalized spacial score (nSPS) is 19.3. The third kappa shape index (κ3) is 3.47. The smallest absolute Gasteiger partial charge is 0.231 e. The molecule has 5 nitrogen and oxygen atoms in total. The second-order valence-corrected chi connectivity index (χ2v) is 6.40. The summed E-state index contributed by atoms with van der Waals surface area (Å²) in [6, 6.07) is 6.13. The maximum atomic E-state index is 13.3. The topological polar surface area (TPSA) is 59.2 Å². The fourth-order valence-corrected chi connectivity index (χ4v) is 3.01. The number of piperidine rings is 1. The summed E-state index contributed by atoms with van der Waals surface area (Å²) in [6.07, 6.45) is 2.67. The first-order chi connectivity index (χ1) is 11.6. The van der Waals surface area contributed by atoms with Crippen LogP contribution in [0, 0.1) is 11.7 Å². The highest BCUT2D eigenvalue weighted by molar-refractivity contribution is 5.78. The molecule has 1 saturated heterocycles. The van der Waals surface area contributed by atoms with Crippen LogP contribution in [0.1, 0.15) is 44.9 Å². The van der Waals surface area contributed by atoms with E-state index in [0.717, 1.165) is 25.8 Å². The van der Waals surface area contributed by atoms with Crippen LogP contribution in [0.25, 0.3) is 11.4 Å². The molecular formula is C18H22FN3O2. The summed E-state index contributed by atoms with van der Waals surface area (Å²) < 4.78 is 18.7. The highest BCUT2D eigenvalue weighted by Crippen LogP contribution is 2.28. The summed E-state index contributed by atoms with van der Waals surface area (Å²) in [5.41, 5.74) is 0.591. The van der Waals surface area contributed by atoms with Gasteiger partial charge in [0.05, 0.1) is 5.92 Å². The van der Waals surface area contributed by atoms with Gasteiger partial charge in [-0.3, -0.25) is 4.79 Å². The van der Waals surface area contributed by atoms with Crippen molar-refractivity contribution in [1.29, 1.82) is 0 Å². The second kappa shape index (κ2) is 7.11. The predicted molar refractivity (Wildman–Crippen MR) is 87.7 cm³/mol. The van der Waals surface area contributed by atoms with Crippen LogP contribution in [-0.4, -0.2) is 34.0 Å². The van der Waals surface area contributed by atoms with E-state index in [2.05, 4.69) is 10.1 Å². The molecule has 2 heterocycles. The molecule has 0 radical (unpaired) electrons. The number of amides is 1. The fourth-order valence-electron chi connectivity index (χ4n) is 3.01. The van der Waals surface area contributed by atoms with E-state index in [4.69, 9.17) is 4.52 Å². The lowest BCUT2D eigenvalue weighted by atomic mass is 9.96. The number of halogens is 1.